The molecule has 5 nitrogen and oxygen atoms in total. The first-order valence-corrected chi connectivity index (χ1v) is 10.9. The second-order valence-electron chi connectivity index (χ2n) is 8.55. The normalized spacial score (nSPS) is 25.8. The Kier molecular flexibility index (Phi) is 7.36. The Morgan fingerprint density at radius 1 is 1.25 bits per heavy atom. The zero-order chi connectivity index (χ0) is 20.0. The Morgan fingerprint density at radius 3 is 2.57 bits per heavy atom. The van der Waals surface area contributed by atoms with E-state index in [0.717, 1.165) is 51.6 Å². The van der Waals surface area contributed by atoms with Gasteiger partial charge in [-0.05, 0) is 50.8 Å². The number of ether oxygens (including phenoxy) is 1. The van der Waals surface area contributed by atoms with Gasteiger partial charge in [0.2, 0.25) is 0 Å². The molecule has 1 N–H and O–H groups in total. The lowest BCUT2D eigenvalue weighted by molar-refractivity contribution is -0.00535. The van der Waals surface area contributed by atoms with Crippen molar-refractivity contribution in [2.24, 2.45) is 10.9 Å². The van der Waals surface area contributed by atoms with Gasteiger partial charge in [0.1, 0.15) is 0 Å². The molecular formula is C23H38N4O. The molecule has 28 heavy (non-hydrogen) atoms. The molecule has 0 aromatic heterocycles. The smallest absolute Gasteiger partial charge is 0.193 e. The molecule has 0 saturated carbocycles. The van der Waals surface area contributed by atoms with E-state index in [4.69, 9.17) is 4.74 Å². The van der Waals surface area contributed by atoms with Crippen molar-refractivity contribution in [1.29, 1.82) is 0 Å². The van der Waals surface area contributed by atoms with Crippen LogP contribution in [0.4, 0.5) is 0 Å². The number of nitrogens with one attached hydrogen (secondary N) is 1. The minimum atomic E-state index is 0.153. The number of rotatable bonds is 5. The monoisotopic (exact) mass is 386 g/mol. The summed E-state index contributed by atoms with van der Waals surface area (Å²) in [5, 5.41) is 3.71. The van der Waals surface area contributed by atoms with Gasteiger partial charge < -0.3 is 19.9 Å². The lowest BCUT2D eigenvalue weighted by Crippen LogP contribution is -2.58. The Bertz CT molecular complexity index is 625. The van der Waals surface area contributed by atoms with Crippen LogP contribution < -0.4 is 5.32 Å². The fourth-order valence-corrected chi connectivity index (χ4v) is 4.89. The molecule has 3 rings (SSSR count). The van der Waals surface area contributed by atoms with Gasteiger partial charge in [0, 0.05) is 45.4 Å². The molecule has 2 fully saturated rings. The summed E-state index contributed by atoms with van der Waals surface area (Å²) < 4.78 is 5.61. The molecule has 1 aromatic carbocycles. The number of hydrogen-bond acceptors (Lipinski definition) is 3. The molecule has 2 aliphatic heterocycles. The van der Waals surface area contributed by atoms with Crippen LogP contribution >= 0.6 is 0 Å². The molecule has 2 heterocycles. The third kappa shape index (κ3) is 4.69. The molecule has 2 atom stereocenters. The first-order chi connectivity index (χ1) is 13.6. The van der Waals surface area contributed by atoms with E-state index in [-0.39, 0.29) is 5.54 Å². The number of likely N-dealkylation sites (N-methyl/N-ethyl adjacent to an activating group) is 1. The molecule has 5 heteroatoms. The number of guanidine groups is 1. The van der Waals surface area contributed by atoms with Crippen LogP contribution in [0.5, 0.6) is 0 Å². The number of piperidine rings is 1. The Balaban J connectivity index is 1.63. The minimum absolute atomic E-state index is 0.153. The molecular weight excluding hydrogens is 348 g/mol. The van der Waals surface area contributed by atoms with Crippen LogP contribution in [0.1, 0.15) is 44.1 Å². The zero-order valence-electron chi connectivity index (χ0n) is 18.2. The summed E-state index contributed by atoms with van der Waals surface area (Å²) in [7, 11) is 6.29. The molecule has 156 valence electrons. The summed E-state index contributed by atoms with van der Waals surface area (Å²) in [6, 6.07) is 11.0. The third-order valence-electron chi connectivity index (χ3n) is 6.95. The van der Waals surface area contributed by atoms with Gasteiger partial charge in [-0.15, -0.1) is 0 Å². The van der Waals surface area contributed by atoms with Crippen LogP contribution in [-0.2, 0) is 4.74 Å². The summed E-state index contributed by atoms with van der Waals surface area (Å²) in [6.45, 7) is 7.08. The minimum Gasteiger partial charge on any atom is -0.381 e. The number of hydrogen-bond donors (Lipinski definition) is 1. The van der Waals surface area contributed by atoms with Crippen molar-refractivity contribution in [3.05, 3.63) is 35.9 Å². The van der Waals surface area contributed by atoms with Crippen molar-refractivity contribution in [3.8, 4) is 0 Å². The Labute approximate surface area is 171 Å². The topological polar surface area (TPSA) is 40.1 Å². The van der Waals surface area contributed by atoms with Crippen LogP contribution in [0.3, 0.4) is 0 Å². The van der Waals surface area contributed by atoms with Crippen LogP contribution in [0.25, 0.3) is 0 Å². The van der Waals surface area contributed by atoms with Crippen LogP contribution in [0, 0.1) is 5.92 Å². The molecule has 0 bridgehead atoms. The first-order valence-electron chi connectivity index (χ1n) is 10.9. The van der Waals surface area contributed by atoms with Gasteiger partial charge in [0.05, 0.1) is 0 Å². The third-order valence-corrected chi connectivity index (χ3v) is 6.95. The fraction of sp³-hybridized carbons (Fsp3) is 0.696. The summed E-state index contributed by atoms with van der Waals surface area (Å²) in [5.74, 6) is 2.38. The highest BCUT2D eigenvalue weighted by Gasteiger charge is 2.36. The first kappa shape index (κ1) is 21.1. The predicted octanol–water partition coefficient (Wildman–Crippen LogP) is 3.19. The van der Waals surface area contributed by atoms with Gasteiger partial charge in [-0.1, -0.05) is 43.7 Å². The molecule has 1 aromatic rings. The van der Waals surface area contributed by atoms with Crippen LogP contribution in [0.2, 0.25) is 0 Å². The molecule has 2 unspecified atom stereocenters. The van der Waals surface area contributed by atoms with E-state index in [1.54, 1.807) is 0 Å². The molecule has 0 spiro atoms. The van der Waals surface area contributed by atoms with Gasteiger partial charge >= 0.3 is 0 Å². The maximum atomic E-state index is 5.61. The van der Waals surface area contributed by atoms with Gasteiger partial charge in [-0.3, -0.25) is 4.99 Å². The molecule has 0 radical (unpaired) electrons. The second-order valence-corrected chi connectivity index (χ2v) is 8.55. The highest BCUT2D eigenvalue weighted by molar-refractivity contribution is 5.80. The van der Waals surface area contributed by atoms with Crippen molar-refractivity contribution in [2.75, 3.05) is 54.0 Å². The highest BCUT2D eigenvalue weighted by atomic mass is 16.5. The number of benzene rings is 1. The van der Waals surface area contributed by atoms with E-state index >= 15 is 0 Å². The Hall–Kier alpha value is -1.59. The van der Waals surface area contributed by atoms with Crippen molar-refractivity contribution in [2.45, 2.75) is 44.1 Å². The van der Waals surface area contributed by atoms with Gasteiger partial charge in [0.15, 0.2) is 5.96 Å². The quantitative estimate of drug-likeness (QED) is 0.623. The summed E-state index contributed by atoms with van der Waals surface area (Å²) >= 11 is 0. The molecule has 0 aliphatic carbocycles. The van der Waals surface area contributed by atoms with Gasteiger partial charge in [-0.2, -0.15) is 0 Å². The predicted molar refractivity (Wildman–Crippen MR) is 117 cm³/mol. The second kappa shape index (κ2) is 9.75. The van der Waals surface area contributed by atoms with E-state index in [1.807, 2.05) is 7.05 Å². The van der Waals surface area contributed by atoms with E-state index in [1.165, 1.54) is 18.4 Å². The SMILES string of the molecule is CCC1CN(C(=NC)NCC2(N(C)C)CCOCC2)CCC1c1ccccc1. The molecule has 2 saturated heterocycles. The lowest BCUT2D eigenvalue weighted by Gasteiger charge is -2.45. The summed E-state index contributed by atoms with van der Waals surface area (Å²) in [4.78, 5) is 9.47. The lowest BCUT2D eigenvalue weighted by atomic mass is 9.79. The number of nitrogens with zero attached hydrogens (tertiary/aromatic N) is 3. The maximum absolute atomic E-state index is 5.61. The van der Waals surface area contributed by atoms with Gasteiger partial charge in [0.25, 0.3) is 0 Å². The van der Waals surface area contributed by atoms with Crippen molar-refractivity contribution >= 4 is 5.96 Å². The largest absolute Gasteiger partial charge is 0.381 e. The van der Waals surface area contributed by atoms with Crippen LogP contribution in [-0.4, -0.2) is 75.3 Å². The summed E-state index contributed by atoms with van der Waals surface area (Å²) in [5.41, 5.74) is 1.64. The van der Waals surface area contributed by atoms with Crippen LogP contribution in [0.15, 0.2) is 35.3 Å². The maximum Gasteiger partial charge on any atom is 0.193 e. The molecule has 2 aliphatic rings. The number of likely N-dealkylation sites (tertiary alicyclic amines) is 1. The van der Waals surface area contributed by atoms with E-state index in [0.29, 0.717) is 11.8 Å². The summed E-state index contributed by atoms with van der Waals surface area (Å²) in [6.07, 6.45) is 4.53. The van der Waals surface area contributed by atoms with Crippen molar-refractivity contribution in [3.63, 3.8) is 0 Å². The molecule has 0 amide bonds. The average Bonchev–Trinajstić information content (AvgIpc) is 2.75. The van der Waals surface area contributed by atoms with E-state index < -0.39 is 0 Å². The van der Waals surface area contributed by atoms with Gasteiger partial charge in [-0.25, -0.2) is 0 Å². The van der Waals surface area contributed by atoms with Crippen molar-refractivity contribution < 1.29 is 4.74 Å². The highest BCUT2D eigenvalue weighted by Crippen LogP contribution is 2.35. The number of aliphatic imine (C=N–C) groups is 1. The zero-order valence-corrected chi connectivity index (χ0v) is 18.2. The average molecular weight is 387 g/mol. The van der Waals surface area contributed by atoms with E-state index in [2.05, 4.69) is 71.5 Å². The van der Waals surface area contributed by atoms with Crippen molar-refractivity contribution in [1.82, 2.24) is 15.1 Å². The standard InChI is InChI=1S/C23H38N4O/c1-5-19-17-27(14-11-21(19)20-9-7-6-8-10-20)22(24-2)25-18-23(26(3)4)12-15-28-16-13-23/h6-10,19,21H,5,11-18H2,1-4H3,(H,24,25). The van der Waals surface area contributed by atoms with E-state index in [9.17, 15) is 0 Å². The Morgan fingerprint density at radius 2 is 1.96 bits per heavy atom. The fourth-order valence-electron chi connectivity index (χ4n) is 4.89.